The summed E-state index contributed by atoms with van der Waals surface area (Å²) in [6.07, 6.45) is 3.07. The quantitative estimate of drug-likeness (QED) is 0.713. The van der Waals surface area contributed by atoms with Crippen LogP contribution < -0.4 is 5.32 Å². The van der Waals surface area contributed by atoms with Crippen molar-refractivity contribution in [3.8, 4) is 0 Å². The molecule has 0 amide bonds. The Morgan fingerprint density at radius 2 is 2.10 bits per heavy atom. The fourth-order valence-electron chi connectivity index (χ4n) is 2.04. The van der Waals surface area contributed by atoms with Crippen molar-refractivity contribution < 1.29 is 9.90 Å². The van der Waals surface area contributed by atoms with Crippen LogP contribution in [0.25, 0.3) is 5.65 Å². The summed E-state index contributed by atoms with van der Waals surface area (Å²) in [7, 11) is 0. The normalized spacial score (nSPS) is 12.2. The van der Waals surface area contributed by atoms with Crippen molar-refractivity contribution in [1.29, 1.82) is 0 Å². The van der Waals surface area contributed by atoms with Crippen molar-refractivity contribution in [3.63, 3.8) is 0 Å². The van der Waals surface area contributed by atoms with Gasteiger partial charge in [0.05, 0.1) is 18.3 Å². The third-order valence-electron chi connectivity index (χ3n) is 3.10. The average Bonchev–Trinajstić information content (AvgIpc) is 2.97. The van der Waals surface area contributed by atoms with Crippen molar-refractivity contribution in [1.82, 2.24) is 25.0 Å². The molecule has 0 saturated carbocycles. The number of hydrogen-bond donors (Lipinski definition) is 2. The standard InChI is InChI=1S/C13H12N6O2/c20-13(21)10(9-4-2-1-3-5-9)6-15-11-7-14-8-12-16-17-18-19(11)12/h1-5,7-8,10,15H,6H2,(H,20,21). The summed E-state index contributed by atoms with van der Waals surface area (Å²) in [6, 6.07) is 9.05. The van der Waals surface area contributed by atoms with Crippen molar-refractivity contribution in [2.24, 2.45) is 0 Å². The van der Waals surface area contributed by atoms with E-state index in [1.54, 1.807) is 18.3 Å². The molecule has 8 nitrogen and oxygen atoms in total. The molecule has 0 aliphatic carbocycles. The minimum absolute atomic E-state index is 0.208. The summed E-state index contributed by atoms with van der Waals surface area (Å²) in [4.78, 5) is 15.4. The summed E-state index contributed by atoms with van der Waals surface area (Å²) in [6.45, 7) is 0.208. The SMILES string of the molecule is O=C(O)C(CNc1cncc2nnnn12)c1ccccc1. The summed E-state index contributed by atoms with van der Waals surface area (Å²) >= 11 is 0. The Morgan fingerprint density at radius 1 is 1.29 bits per heavy atom. The second-order valence-electron chi connectivity index (χ2n) is 4.42. The van der Waals surface area contributed by atoms with Crippen molar-refractivity contribution in [2.75, 3.05) is 11.9 Å². The highest BCUT2D eigenvalue weighted by Gasteiger charge is 2.19. The first kappa shape index (κ1) is 13.0. The zero-order valence-electron chi connectivity index (χ0n) is 10.9. The Bertz CT molecular complexity index is 757. The first-order valence-corrected chi connectivity index (χ1v) is 6.29. The molecular formula is C13H12N6O2. The monoisotopic (exact) mass is 284 g/mol. The van der Waals surface area contributed by atoms with Crippen LogP contribution in [0.5, 0.6) is 0 Å². The fourth-order valence-corrected chi connectivity index (χ4v) is 2.04. The molecular weight excluding hydrogens is 272 g/mol. The number of rotatable bonds is 5. The predicted molar refractivity (Wildman–Crippen MR) is 73.9 cm³/mol. The molecule has 3 aromatic rings. The van der Waals surface area contributed by atoms with Gasteiger partial charge in [-0.1, -0.05) is 30.3 Å². The van der Waals surface area contributed by atoms with Gasteiger partial charge in [0.2, 0.25) is 0 Å². The number of tetrazole rings is 1. The Kier molecular flexibility index (Phi) is 3.42. The van der Waals surface area contributed by atoms with Gasteiger partial charge in [-0.15, -0.1) is 5.10 Å². The van der Waals surface area contributed by atoms with Crippen molar-refractivity contribution in [3.05, 3.63) is 48.3 Å². The lowest BCUT2D eigenvalue weighted by atomic mass is 9.99. The van der Waals surface area contributed by atoms with Crippen LogP contribution in [0, 0.1) is 0 Å². The van der Waals surface area contributed by atoms with Crippen molar-refractivity contribution in [2.45, 2.75) is 5.92 Å². The molecule has 0 spiro atoms. The van der Waals surface area contributed by atoms with Crippen LogP contribution >= 0.6 is 0 Å². The van der Waals surface area contributed by atoms with E-state index in [0.717, 1.165) is 5.56 Å². The highest BCUT2D eigenvalue weighted by molar-refractivity contribution is 5.76. The smallest absolute Gasteiger partial charge is 0.312 e. The fraction of sp³-hybridized carbons (Fsp3) is 0.154. The van der Waals surface area contributed by atoms with Crippen LogP contribution in [0.15, 0.2) is 42.7 Å². The largest absolute Gasteiger partial charge is 0.481 e. The van der Waals surface area contributed by atoms with E-state index in [9.17, 15) is 9.90 Å². The molecule has 8 heteroatoms. The van der Waals surface area contributed by atoms with Gasteiger partial charge in [0.15, 0.2) is 5.65 Å². The summed E-state index contributed by atoms with van der Waals surface area (Å²) in [5.41, 5.74) is 1.22. The third-order valence-corrected chi connectivity index (χ3v) is 3.10. The van der Waals surface area contributed by atoms with Gasteiger partial charge in [-0.2, -0.15) is 4.52 Å². The minimum Gasteiger partial charge on any atom is -0.481 e. The van der Waals surface area contributed by atoms with E-state index in [1.807, 2.05) is 18.2 Å². The van der Waals surface area contributed by atoms with Crippen LogP contribution in [-0.4, -0.2) is 42.6 Å². The minimum atomic E-state index is -0.898. The van der Waals surface area contributed by atoms with Gasteiger partial charge in [0.1, 0.15) is 5.82 Å². The highest BCUT2D eigenvalue weighted by atomic mass is 16.4. The second kappa shape index (κ2) is 5.53. The molecule has 0 aliphatic rings. The van der Waals surface area contributed by atoms with E-state index in [2.05, 4.69) is 25.8 Å². The molecule has 1 atom stereocenters. The van der Waals surface area contributed by atoms with Gasteiger partial charge in [-0.3, -0.25) is 9.78 Å². The Morgan fingerprint density at radius 3 is 2.86 bits per heavy atom. The molecule has 0 bridgehead atoms. The molecule has 1 unspecified atom stereocenters. The lowest BCUT2D eigenvalue weighted by Crippen LogP contribution is -2.22. The topological polar surface area (TPSA) is 105 Å². The highest BCUT2D eigenvalue weighted by Crippen LogP contribution is 2.17. The lowest BCUT2D eigenvalue weighted by molar-refractivity contribution is -0.138. The number of benzene rings is 1. The number of nitrogens with one attached hydrogen (secondary N) is 1. The zero-order chi connectivity index (χ0) is 14.7. The van der Waals surface area contributed by atoms with E-state index < -0.39 is 11.9 Å². The van der Waals surface area contributed by atoms with E-state index >= 15 is 0 Å². The molecule has 3 rings (SSSR count). The number of hydrogen-bond acceptors (Lipinski definition) is 6. The molecule has 2 N–H and O–H groups in total. The Hall–Kier alpha value is -3.03. The van der Waals surface area contributed by atoms with E-state index in [4.69, 9.17) is 0 Å². The van der Waals surface area contributed by atoms with Crippen LogP contribution in [0.2, 0.25) is 0 Å². The van der Waals surface area contributed by atoms with E-state index in [-0.39, 0.29) is 6.54 Å². The van der Waals surface area contributed by atoms with E-state index in [0.29, 0.717) is 11.5 Å². The number of aliphatic carboxylic acids is 1. The van der Waals surface area contributed by atoms with Gasteiger partial charge in [0, 0.05) is 6.54 Å². The van der Waals surface area contributed by atoms with E-state index in [1.165, 1.54) is 10.7 Å². The maximum absolute atomic E-state index is 11.4. The molecule has 0 fully saturated rings. The molecule has 0 saturated heterocycles. The number of nitrogens with zero attached hydrogens (tertiary/aromatic N) is 5. The Balaban J connectivity index is 1.82. The second-order valence-corrected chi connectivity index (χ2v) is 4.42. The van der Waals surface area contributed by atoms with Gasteiger partial charge >= 0.3 is 5.97 Å². The molecule has 2 heterocycles. The molecule has 21 heavy (non-hydrogen) atoms. The lowest BCUT2D eigenvalue weighted by Gasteiger charge is -2.14. The van der Waals surface area contributed by atoms with Crippen LogP contribution in [0.1, 0.15) is 11.5 Å². The maximum Gasteiger partial charge on any atom is 0.312 e. The number of carboxylic acids is 1. The number of anilines is 1. The first-order valence-electron chi connectivity index (χ1n) is 6.29. The Labute approximate surface area is 119 Å². The molecule has 106 valence electrons. The van der Waals surface area contributed by atoms with Crippen LogP contribution in [0.4, 0.5) is 5.82 Å². The maximum atomic E-state index is 11.4. The number of carboxylic acid groups (broad SMARTS) is 1. The number of carbonyl (C=O) groups is 1. The molecule has 0 radical (unpaired) electrons. The third kappa shape index (κ3) is 2.64. The van der Waals surface area contributed by atoms with Gasteiger partial charge in [0.25, 0.3) is 0 Å². The molecule has 1 aromatic carbocycles. The van der Waals surface area contributed by atoms with Gasteiger partial charge in [-0.05, 0) is 16.0 Å². The predicted octanol–water partition coefficient (Wildman–Crippen LogP) is 0.800. The summed E-state index contributed by atoms with van der Waals surface area (Å²) in [5.74, 6) is -1.02. The summed E-state index contributed by atoms with van der Waals surface area (Å²) in [5, 5.41) is 23.6. The molecule has 2 aromatic heterocycles. The summed E-state index contributed by atoms with van der Waals surface area (Å²) < 4.78 is 1.47. The molecule has 0 aliphatic heterocycles. The van der Waals surface area contributed by atoms with Crippen molar-refractivity contribution >= 4 is 17.4 Å². The average molecular weight is 284 g/mol. The zero-order valence-corrected chi connectivity index (χ0v) is 10.9. The van der Waals surface area contributed by atoms with Crippen LogP contribution in [0.3, 0.4) is 0 Å². The van der Waals surface area contributed by atoms with Crippen LogP contribution in [-0.2, 0) is 4.79 Å². The van der Waals surface area contributed by atoms with Gasteiger partial charge < -0.3 is 10.4 Å². The van der Waals surface area contributed by atoms with Gasteiger partial charge in [-0.25, -0.2) is 0 Å². The first-order chi connectivity index (χ1) is 10.3. The number of fused-ring (bicyclic) bond motifs is 1. The number of aromatic nitrogens is 5.